The van der Waals surface area contributed by atoms with Gasteiger partial charge in [0.2, 0.25) is 5.91 Å². The standard InChI is InChI=1S/C21H22N2O2S/c1-13-8-7-9-14(2)19(13)22-18(24)12-23(4)21(25)20-15(3)16-10-5-6-11-17(16)26-20/h5-11H,12H2,1-4H3,(H,22,24). The quantitative estimate of drug-likeness (QED) is 0.737. The van der Waals surface area contributed by atoms with Crippen LogP contribution in [0.3, 0.4) is 0 Å². The molecule has 0 radical (unpaired) electrons. The highest BCUT2D eigenvalue weighted by Gasteiger charge is 2.21. The number of carbonyl (C=O) groups excluding carboxylic acids is 2. The van der Waals surface area contributed by atoms with Gasteiger partial charge in [-0.05, 0) is 48.9 Å². The third-order valence-corrected chi connectivity index (χ3v) is 5.77. The van der Waals surface area contributed by atoms with Crippen LogP contribution in [-0.2, 0) is 4.79 Å². The Balaban J connectivity index is 1.74. The first-order valence-corrected chi connectivity index (χ1v) is 9.29. The van der Waals surface area contributed by atoms with Crippen molar-refractivity contribution in [1.82, 2.24) is 4.90 Å². The van der Waals surface area contributed by atoms with E-state index in [1.807, 2.05) is 63.2 Å². The maximum absolute atomic E-state index is 12.8. The zero-order valence-corrected chi connectivity index (χ0v) is 16.2. The van der Waals surface area contributed by atoms with E-state index >= 15 is 0 Å². The van der Waals surface area contributed by atoms with E-state index in [0.29, 0.717) is 4.88 Å². The van der Waals surface area contributed by atoms with Crippen LogP contribution in [0, 0.1) is 20.8 Å². The van der Waals surface area contributed by atoms with Gasteiger partial charge in [-0.25, -0.2) is 0 Å². The van der Waals surface area contributed by atoms with Crippen LogP contribution in [0.1, 0.15) is 26.4 Å². The monoisotopic (exact) mass is 366 g/mol. The molecular weight excluding hydrogens is 344 g/mol. The maximum Gasteiger partial charge on any atom is 0.264 e. The third-order valence-electron chi connectivity index (χ3n) is 4.51. The van der Waals surface area contributed by atoms with Gasteiger partial charge in [0.25, 0.3) is 5.91 Å². The number of hydrogen-bond donors (Lipinski definition) is 1. The predicted molar refractivity (Wildman–Crippen MR) is 108 cm³/mol. The van der Waals surface area contributed by atoms with E-state index in [0.717, 1.165) is 32.5 Å². The number of hydrogen-bond acceptors (Lipinski definition) is 3. The molecule has 0 atom stereocenters. The van der Waals surface area contributed by atoms with Gasteiger partial charge in [-0.1, -0.05) is 36.4 Å². The smallest absolute Gasteiger partial charge is 0.264 e. The summed E-state index contributed by atoms with van der Waals surface area (Å²) in [6.07, 6.45) is 0. The van der Waals surface area contributed by atoms with E-state index in [1.165, 1.54) is 16.2 Å². The minimum Gasteiger partial charge on any atom is -0.332 e. The van der Waals surface area contributed by atoms with Gasteiger partial charge < -0.3 is 10.2 Å². The van der Waals surface area contributed by atoms with Gasteiger partial charge >= 0.3 is 0 Å². The van der Waals surface area contributed by atoms with Crippen LogP contribution in [0.15, 0.2) is 42.5 Å². The molecular formula is C21H22N2O2S. The molecule has 2 amide bonds. The van der Waals surface area contributed by atoms with Crippen molar-refractivity contribution in [2.75, 3.05) is 18.9 Å². The zero-order chi connectivity index (χ0) is 18.8. The number of benzene rings is 2. The van der Waals surface area contributed by atoms with Crippen molar-refractivity contribution in [3.05, 3.63) is 64.0 Å². The second-order valence-corrected chi connectivity index (χ2v) is 7.58. The Morgan fingerprint density at radius 3 is 2.31 bits per heavy atom. The van der Waals surface area contributed by atoms with Gasteiger partial charge in [0.15, 0.2) is 0 Å². The summed E-state index contributed by atoms with van der Waals surface area (Å²) in [5.41, 5.74) is 3.80. The molecule has 2 aromatic carbocycles. The Bertz CT molecular complexity index is 971. The Morgan fingerprint density at radius 1 is 1.00 bits per heavy atom. The molecule has 0 saturated heterocycles. The van der Waals surface area contributed by atoms with Crippen LogP contribution < -0.4 is 5.32 Å². The van der Waals surface area contributed by atoms with Crippen LogP contribution >= 0.6 is 11.3 Å². The number of amides is 2. The molecule has 3 aromatic rings. The summed E-state index contributed by atoms with van der Waals surface area (Å²) in [7, 11) is 1.66. The Kier molecular flexibility index (Phi) is 5.09. The highest BCUT2D eigenvalue weighted by atomic mass is 32.1. The Hall–Kier alpha value is -2.66. The predicted octanol–water partition coefficient (Wildman–Crippen LogP) is 4.54. The zero-order valence-electron chi connectivity index (χ0n) is 15.4. The average molecular weight is 366 g/mol. The minimum atomic E-state index is -0.197. The summed E-state index contributed by atoms with van der Waals surface area (Å²) in [6, 6.07) is 13.8. The van der Waals surface area contributed by atoms with Crippen molar-refractivity contribution < 1.29 is 9.59 Å². The molecule has 0 aliphatic heterocycles. The number of carbonyl (C=O) groups is 2. The van der Waals surface area contributed by atoms with E-state index in [-0.39, 0.29) is 18.4 Å². The molecule has 0 fully saturated rings. The number of anilines is 1. The number of likely N-dealkylation sites (N-methyl/N-ethyl adjacent to an activating group) is 1. The normalized spacial score (nSPS) is 10.8. The van der Waals surface area contributed by atoms with Crippen LogP contribution in [-0.4, -0.2) is 30.3 Å². The summed E-state index contributed by atoms with van der Waals surface area (Å²) in [5.74, 6) is -0.322. The molecule has 0 unspecified atom stereocenters. The second-order valence-electron chi connectivity index (χ2n) is 6.53. The summed E-state index contributed by atoms with van der Waals surface area (Å²) < 4.78 is 1.08. The van der Waals surface area contributed by atoms with E-state index < -0.39 is 0 Å². The van der Waals surface area contributed by atoms with Crippen molar-refractivity contribution in [1.29, 1.82) is 0 Å². The number of para-hydroxylation sites is 1. The van der Waals surface area contributed by atoms with Crippen molar-refractivity contribution in [2.45, 2.75) is 20.8 Å². The lowest BCUT2D eigenvalue weighted by Gasteiger charge is -2.18. The molecule has 26 heavy (non-hydrogen) atoms. The molecule has 0 saturated carbocycles. The number of fused-ring (bicyclic) bond motifs is 1. The molecule has 0 aliphatic rings. The van der Waals surface area contributed by atoms with Crippen LogP contribution in [0.5, 0.6) is 0 Å². The lowest BCUT2D eigenvalue weighted by Crippen LogP contribution is -2.35. The largest absolute Gasteiger partial charge is 0.332 e. The van der Waals surface area contributed by atoms with Gasteiger partial charge in [0, 0.05) is 17.4 Å². The summed E-state index contributed by atoms with van der Waals surface area (Å²) in [6.45, 7) is 5.88. The fraction of sp³-hybridized carbons (Fsp3) is 0.238. The highest BCUT2D eigenvalue weighted by Crippen LogP contribution is 2.31. The van der Waals surface area contributed by atoms with E-state index in [9.17, 15) is 9.59 Å². The lowest BCUT2D eigenvalue weighted by molar-refractivity contribution is -0.116. The van der Waals surface area contributed by atoms with Gasteiger partial charge in [-0.15, -0.1) is 11.3 Å². The summed E-state index contributed by atoms with van der Waals surface area (Å²) >= 11 is 1.47. The molecule has 1 N–H and O–H groups in total. The molecule has 1 heterocycles. The molecule has 4 nitrogen and oxygen atoms in total. The van der Waals surface area contributed by atoms with E-state index in [4.69, 9.17) is 0 Å². The van der Waals surface area contributed by atoms with Crippen molar-refractivity contribution >= 4 is 38.9 Å². The fourth-order valence-corrected chi connectivity index (χ4v) is 4.23. The number of aryl methyl sites for hydroxylation is 3. The van der Waals surface area contributed by atoms with E-state index in [2.05, 4.69) is 5.32 Å². The molecule has 0 aliphatic carbocycles. The fourth-order valence-electron chi connectivity index (χ4n) is 3.03. The number of nitrogens with one attached hydrogen (secondary N) is 1. The lowest BCUT2D eigenvalue weighted by atomic mass is 10.1. The third kappa shape index (κ3) is 3.48. The number of nitrogens with zero attached hydrogens (tertiary/aromatic N) is 1. The van der Waals surface area contributed by atoms with Crippen molar-refractivity contribution in [3.8, 4) is 0 Å². The molecule has 134 valence electrons. The van der Waals surface area contributed by atoms with E-state index in [1.54, 1.807) is 7.05 Å². The topological polar surface area (TPSA) is 49.4 Å². The maximum atomic E-state index is 12.8. The number of rotatable bonds is 4. The van der Waals surface area contributed by atoms with Gasteiger partial charge in [-0.2, -0.15) is 0 Å². The van der Waals surface area contributed by atoms with Crippen LogP contribution in [0.25, 0.3) is 10.1 Å². The van der Waals surface area contributed by atoms with Crippen LogP contribution in [0.4, 0.5) is 5.69 Å². The highest BCUT2D eigenvalue weighted by molar-refractivity contribution is 7.21. The molecule has 0 bridgehead atoms. The van der Waals surface area contributed by atoms with Crippen molar-refractivity contribution in [3.63, 3.8) is 0 Å². The molecule has 3 rings (SSSR count). The average Bonchev–Trinajstić information content (AvgIpc) is 2.95. The molecule has 5 heteroatoms. The second kappa shape index (κ2) is 7.30. The Labute approximate surface area is 157 Å². The van der Waals surface area contributed by atoms with Gasteiger partial charge in [-0.3, -0.25) is 9.59 Å². The molecule has 1 aromatic heterocycles. The van der Waals surface area contributed by atoms with Crippen molar-refractivity contribution in [2.24, 2.45) is 0 Å². The van der Waals surface area contributed by atoms with Gasteiger partial charge in [0.05, 0.1) is 11.4 Å². The Morgan fingerprint density at radius 2 is 1.65 bits per heavy atom. The molecule has 0 spiro atoms. The first-order valence-electron chi connectivity index (χ1n) is 8.48. The first kappa shape index (κ1) is 18.1. The number of thiophene rings is 1. The first-order chi connectivity index (χ1) is 12.4. The SMILES string of the molecule is Cc1cccc(C)c1NC(=O)CN(C)C(=O)c1sc2ccccc2c1C. The minimum absolute atomic E-state index is 0.0142. The summed E-state index contributed by atoms with van der Waals surface area (Å²) in [5, 5.41) is 4.02. The summed E-state index contributed by atoms with van der Waals surface area (Å²) in [4.78, 5) is 27.4. The van der Waals surface area contributed by atoms with Crippen LogP contribution in [0.2, 0.25) is 0 Å². The van der Waals surface area contributed by atoms with Gasteiger partial charge in [0.1, 0.15) is 0 Å².